The van der Waals surface area contributed by atoms with E-state index in [-0.39, 0.29) is 10.8 Å². The van der Waals surface area contributed by atoms with E-state index in [1.54, 1.807) is 80.4 Å². The lowest BCUT2D eigenvalue weighted by Crippen LogP contribution is -2.35. The van der Waals surface area contributed by atoms with Crippen molar-refractivity contribution in [1.82, 2.24) is 66.1 Å². The summed E-state index contributed by atoms with van der Waals surface area (Å²) in [5.74, 6) is 1.47. The van der Waals surface area contributed by atoms with E-state index in [4.69, 9.17) is 74.7 Å². The summed E-state index contributed by atoms with van der Waals surface area (Å²) < 4.78 is 22.5. The number of fused-ring (bicyclic) bond motifs is 6. The molecule has 574 valence electrons. The van der Waals surface area contributed by atoms with Gasteiger partial charge in [0.1, 0.15) is 11.9 Å². The van der Waals surface area contributed by atoms with Gasteiger partial charge in [-0.15, -0.1) is 0 Å². The maximum absolute atomic E-state index is 12.5. The summed E-state index contributed by atoms with van der Waals surface area (Å²) in [6.45, 7) is 9.55. The summed E-state index contributed by atoms with van der Waals surface area (Å²) >= 11 is 36.5. The molecule has 22 nitrogen and oxygen atoms in total. The van der Waals surface area contributed by atoms with Gasteiger partial charge in [-0.05, 0) is 195 Å². The van der Waals surface area contributed by atoms with Gasteiger partial charge >= 0.3 is 0 Å². The molecule has 0 spiro atoms. The molecular formula is C81H85Cl6N15O7S. The molecule has 0 bridgehead atoms. The van der Waals surface area contributed by atoms with E-state index in [1.165, 1.54) is 25.0 Å². The van der Waals surface area contributed by atoms with Crippen molar-refractivity contribution in [2.24, 2.45) is 17.0 Å². The maximum Gasteiger partial charge on any atom is 0.254 e. The van der Waals surface area contributed by atoms with E-state index < -0.39 is 27.8 Å². The van der Waals surface area contributed by atoms with Crippen molar-refractivity contribution in [2.45, 2.75) is 127 Å². The van der Waals surface area contributed by atoms with Gasteiger partial charge in [0.2, 0.25) is 10.0 Å². The zero-order chi connectivity index (χ0) is 77.8. The molecule has 8 heterocycles. The third-order valence-corrected chi connectivity index (χ3v) is 22.3. The van der Waals surface area contributed by atoms with Crippen LogP contribution in [0.5, 0.6) is 0 Å². The van der Waals surface area contributed by atoms with Gasteiger partial charge in [-0.2, -0.15) is 30.6 Å². The van der Waals surface area contributed by atoms with E-state index >= 15 is 0 Å². The number of nitrogens with one attached hydrogen (secondary N) is 6. The Bertz CT molecular complexity index is 5590. The molecular weight excluding hydrogens is 1540 g/mol. The van der Waals surface area contributed by atoms with Crippen LogP contribution in [0, 0.1) is 11.8 Å². The molecule has 2 atom stereocenters. The Hall–Kier alpha value is -8.95. The number of H-pyrrole nitrogens is 6. The SMILES string of the molecule is CC(=O)CCC1CCN(c2cc(Cl)cc3[nH]ncc23)CC1.CC(C)CC(O)c1cc(Cl)cc2[nH]ncc12.NS(=O)(=O)c1ccc(-c2cc(Cl)cc3[nH]ncc23)cc1.O=C(c1cc(Cl)cc2[nH]ncc12)N1CCCCC1.OC(c1ccccc1)c1cc(Cl)cc2[nH]ncc12.OC1(c2cc(Cl)cc3[nH]ncc23)CCCCC1. The van der Waals surface area contributed by atoms with Crippen molar-refractivity contribution < 1.29 is 33.3 Å². The van der Waals surface area contributed by atoms with Gasteiger partial charge in [0, 0.05) is 101 Å². The highest BCUT2D eigenvalue weighted by molar-refractivity contribution is 7.89. The Morgan fingerprint density at radius 3 is 1.55 bits per heavy atom. The number of hydrogen-bond donors (Lipinski definition) is 10. The van der Waals surface area contributed by atoms with Gasteiger partial charge in [-0.3, -0.25) is 35.4 Å². The number of Topliss-reactive ketones (excluding diaryl/α,β-unsaturated/α-hetero) is 1. The van der Waals surface area contributed by atoms with Crippen LogP contribution in [-0.4, -0.2) is 128 Å². The quantitative estimate of drug-likeness (QED) is 0.0513. The molecule has 0 radical (unpaired) electrons. The monoisotopic (exact) mass is 1620 g/mol. The standard InChI is InChI=1S/C16H20ClN3O.C14H11ClN2O.C13H10ClN3O2S.C13H14ClN3O.C13H15ClN2O.C12H15ClN2O/c1-11(21)2-3-12-4-6-20(7-5-12)16-9-13(17)8-15-14(16)10-18-19-15;15-10-6-11(12-8-16-17-13(12)7-10)14(18)9-4-2-1-3-5-9;14-9-5-11(12-7-16-17-13(12)6-9)8-1-3-10(4-2-8)20(15,18)19;14-9-6-10(11-8-15-16-12(11)7-9)13(18)17-4-2-1-3-5-17;14-9-6-11(10-8-15-16-12(10)7-9)13(17)4-2-1-3-5-13;1-7(2)3-12(16)9-4-8(13)5-11-10(9)6-14-15-11/h8-10,12H,2-7H2,1H3,(H,18,19);1-8,14,18H,(H,16,17);1-7H,(H,16,17)(H2,15,18,19);6-8H,1-5H2,(H,15,16);6-8,17H,1-5H2,(H,15,16);4-7,12,16H,3H2,1-2H3,(H,14,15). The summed E-state index contributed by atoms with van der Waals surface area (Å²) in [6, 6.07) is 37.8. The molecule has 3 fully saturated rings. The zero-order valence-corrected chi connectivity index (χ0v) is 66.1. The number of carbonyl (C=O) groups excluding carboxylic acids is 2. The van der Waals surface area contributed by atoms with Crippen LogP contribution in [0.1, 0.15) is 149 Å². The van der Waals surface area contributed by atoms with Crippen LogP contribution in [0.3, 0.4) is 0 Å². The number of primary sulfonamides is 1. The minimum Gasteiger partial charge on any atom is -0.388 e. The number of aromatic amines is 6. The molecule has 8 aromatic carbocycles. The summed E-state index contributed by atoms with van der Waals surface area (Å²) in [4.78, 5) is 27.9. The first-order chi connectivity index (χ1) is 52.9. The van der Waals surface area contributed by atoms with Crippen LogP contribution in [0.2, 0.25) is 30.1 Å². The Balaban J connectivity index is 0.000000123. The number of nitrogens with zero attached hydrogens (tertiary/aromatic N) is 8. The second kappa shape index (κ2) is 36.5. The number of likely N-dealkylation sites (tertiary alicyclic amines) is 1. The fourth-order valence-electron chi connectivity index (χ4n) is 14.5. The first kappa shape index (κ1) is 80.6. The van der Waals surface area contributed by atoms with Gasteiger partial charge in [0.05, 0.1) is 92.4 Å². The highest BCUT2D eigenvalue weighted by atomic mass is 35.5. The molecule has 14 aromatic rings. The lowest BCUT2D eigenvalue weighted by atomic mass is 9.78. The van der Waals surface area contributed by atoms with Crippen molar-refractivity contribution in [3.63, 3.8) is 0 Å². The molecule has 110 heavy (non-hydrogen) atoms. The van der Waals surface area contributed by atoms with Crippen molar-refractivity contribution in [1.29, 1.82) is 0 Å². The highest BCUT2D eigenvalue weighted by Crippen LogP contribution is 2.42. The van der Waals surface area contributed by atoms with Crippen LogP contribution < -0.4 is 10.0 Å². The molecule has 1 aliphatic carbocycles. The predicted molar refractivity (Wildman–Crippen MR) is 440 cm³/mol. The van der Waals surface area contributed by atoms with Crippen molar-refractivity contribution >= 4 is 162 Å². The molecule has 1 saturated carbocycles. The van der Waals surface area contributed by atoms with E-state index in [0.29, 0.717) is 54.7 Å². The number of sulfonamides is 1. The second-order valence-electron chi connectivity index (χ2n) is 28.4. The molecule has 2 unspecified atom stereocenters. The number of ketones is 1. The number of aliphatic hydroxyl groups is 3. The fourth-order valence-corrected chi connectivity index (χ4v) is 16.3. The minimum atomic E-state index is -3.69. The molecule has 6 aromatic heterocycles. The Morgan fingerprint density at radius 2 is 0.991 bits per heavy atom. The molecule has 1 amide bonds. The number of carbonyl (C=O) groups is 2. The number of benzene rings is 8. The summed E-state index contributed by atoms with van der Waals surface area (Å²) in [5, 5.41) is 87.2. The van der Waals surface area contributed by atoms with Crippen LogP contribution >= 0.6 is 69.6 Å². The molecule has 3 aliphatic rings. The number of halogens is 6. The van der Waals surface area contributed by atoms with Crippen LogP contribution in [0.25, 0.3) is 76.5 Å². The van der Waals surface area contributed by atoms with E-state index in [9.17, 15) is 33.3 Å². The number of piperidine rings is 2. The Kier molecular flexibility index (Phi) is 26.7. The third kappa shape index (κ3) is 20.0. The largest absolute Gasteiger partial charge is 0.388 e. The van der Waals surface area contributed by atoms with Gasteiger partial charge in [-0.1, -0.05) is 145 Å². The van der Waals surface area contributed by atoms with Crippen molar-refractivity contribution in [3.8, 4) is 11.1 Å². The van der Waals surface area contributed by atoms with Gasteiger partial charge in [0.15, 0.2) is 0 Å². The molecule has 11 N–H and O–H groups in total. The average molecular weight is 1630 g/mol. The zero-order valence-electron chi connectivity index (χ0n) is 60.7. The highest BCUT2D eigenvalue weighted by Gasteiger charge is 2.34. The van der Waals surface area contributed by atoms with Crippen LogP contribution in [0.15, 0.2) is 169 Å². The second-order valence-corrected chi connectivity index (χ2v) is 32.6. The molecule has 2 saturated heterocycles. The normalized spacial score (nSPS) is 15.1. The molecule has 17 rings (SSSR count). The van der Waals surface area contributed by atoms with Crippen LogP contribution in [0.4, 0.5) is 5.69 Å². The lowest BCUT2D eigenvalue weighted by Gasteiger charge is -2.34. The maximum atomic E-state index is 12.5. The minimum absolute atomic E-state index is 0.0589. The van der Waals surface area contributed by atoms with E-state index in [1.807, 2.05) is 83.9 Å². The molecule has 2 aliphatic heterocycles. The number of nitrogens with two attached hydrogens (primary N) is 1. The van der Waals surface area contributed by atoms with E-state index in [2.05, 4.69) is 79.9 Å². The smallest absolute Gasteiger partial charge is 0.254 e. The fraction of sp³-hybridized carbons (Fsp3) is 0.309. The van der Waals surface area contributed by atoms with Gasteiger partial charge in [0.25, 0.3) is 5.91 Å². The van der Waals surface area contributed by atoms with Crippen molar-refractivity contribution in [3.05, 3.63) is 223 Å². The number of anilines is 1. The first-order valence-electron chi connectivity index (χ1n) is 36.4. The van der Waals surface area contributed by atoms with E-state index in [0.717, 1.165) is 200 Å². The first-order valence-corrected chi connectivity index (χ1v) is 40.2. The lowest BCUT2D eigenvalue weighted by molar-refractivity contribution is -0.117. The number of rotatable bonds is 13. The number of aliphatic hydroxyl groups excluding tert-OH is 2. The Labute approximate surface area is 665 Å². The number of aromatic nitrogens is 12. The third-order valence-electron chi connectivity index (χ3n) is 20.1. The summed E-state index contributed by atoms with van der Waals surface area (Å²) in [7, 11) is -3.69. The number of hydrogen-bond acceptors (Lipinski definition) is 14. The van der Waals surface area contributed by atoms with Crippen molar-refractivity contribution in [2.75, 3.05) is 31.1 Å². The average Bonchev–Trinajstić information content (AvgIpc) is 1.55. The van der Waals surface area contributed by atoms with Gasteiger partial charge < -0.3 is 29.9 Å². The summed E-state index contributed by atoms with van der Waals surface area (Å²) in [5.41, 5.74) is 11.4. The van der Waals surface area contributed by atoms with Crippen LogP contribution in [-0.2, 0) is 20.4 Å². The van der Waals surface area contributed by atoms with Gasteiger partial charge in [-0.25, -0.2) is 13.6 Å². The summed E-state index contributed by atoms with van der Waals surface area (Å²) in [6.07, 6.45) is 22.4. The number of amides is 1. The Morgan fingerprint density at radius 1 is 0.536 bits per heavy atom. The molecule has 29 heteroatoms. The predicted octanol–water partition coefficient (Wildman–Crippen LogP) is 19.1. The topological polar surface area (TPSA) is 334 Å².